The van der Waals surface area contributed by atoms with Gasteiger partial charge in [0.15, 0.2) is 0 Å². The molecule has 1 N–H and O–H groups in total. The van der Waals surface area contributed by atoms with Gasteiger partial charge < -0.3 is 15.0 Å². The van der Waals surface area contributed by atoms with E-state index < -0.39 is 28.5 Å². The minimum absolute atomic E-state index is 0.0214. The summed E-state index contributed by atoms with van der Waals surface area (Å²) in [7, 11) is -4.28. The molecule has 258 valence electrons. The predicted octanol–water partition coefficient (Wildman–Crippen LogP) is 7.35. The Morgan fingerprint density at radius 1 is 0.918 bits per heavy atom. The second-order valence-corrected chi connectivity index (χ2v) is 15.1. The Bertz CT molecular complexity index is 1820. The van der Waals surface area contributed by atoms with Gasteiger partial charge in [0.25, 0.3) is 10.0 Å². The fraction of sp³-hybridized carbons (Fsp3) is 0.316. The smallest absolute Gasteiger partial charge is 0.264 e. The lowest BCUT2D eigenvalue weighted by molar-refractivity contribution is -0.140. The Balaban J connectivity index is 1.59. The Morgan fingerprint density at radius 2 is 1.59 bits per heavy atom. The number of rotatable bonds is 15. The number of halogens is 1. The van der Waals surface area contributed by atoms with Crippen LogP contribution in [0.1, 0.15) is 43.7 Å². The highest BCUT2D eigenvalue weighted by Crippen LogP contribution is 2.33. The zero-order chi connectivity index (χ0) is 34.8. The minimum Gasteiger partial charge on any atom is -0.492 e. The summed E-state index contributed by atoms with van der Waals surface area (Å²) in [5.41, 5.74) is 1.81. The standard InChI is InChI=1S/C38H42ClN3O5S2/c1-3-47-36-19-10-9-18-34(36)42(49(45,46)33-22-20-32(48-2)21-23-33)27-37(43)41(26-29-14-11-15-30(39)24-29)35(25-28-12-5-4-6-13-28)38(44)40-31-16-7-8-17-31/h4-6,9-15,18-24,31,35H,3,7-8,16-17,25-27H2,1-2H3,(H,40,44)/t35-/m0/s1. The van der Waals surface area contributed by atoms with E-state index in [9.17, 15) is 18.0 Å². The van der Waals surface area contributed by atoms with Crippen LogP contribution >= 0.6 is 23.4 Å². The summed E-state index contributed by atoms with van der Waals surface area (Å²) in [5, 5.41) is 3.69. The molecule has 11 heteroatoms. The number of thioether (sulfide) groups is 1. The van der Waals surface area contributed by atoms with Gasteiger partial charge in [-0.25, -0.2) is 8.42 Å². The molecule has 0 aromatic heterocycles. The molecule has 4 aromatic carbocycles. The number of para-hydroxylation sites is 2. The van der Waals surface area contributed by atoms with Crippen molar-refractivity contribution >= 4 is 50.9 Å². The fourth-order valence-electron chi connectivity index (χ4n) is 6.08. The van der Waals surface area contributed by atoms with Gasteiger partial charge in [0.1, 0.15) is 18.3 Å². The number of carbonyl (C=O) groups excluding carboxylic acids is 2. The molecule has 49 heavy (non-hydrogen) atoms. The summed E-state index contributed by atoms with van der Waals surface area (Å²) in [6.45, 7) is 1.58. The molecule has 1 saturated carbocycles. The number of nitrogens with zero attached hydrogens (tertiary/aromatic N) is 2. The molecular weight excluding hydrogens is 678 g/mol. The Hall–Kier alpha value is -3.99. The van der Waals surface area contributed by atoms with E-state index in [2.05, 4.69) is 5.32 Å². The molecule has 0 spiro atoms. The van der Waals surface area contributed by atoms with Crippen LogP contribution in [0.3, 0.4) is 0 Å². The van der Waals surface area contributed by atoms with Crippen molar-refractivity contribution < 1.29 is 22.7 Å². The average molecular weight is 720 g/mol. The van der Waals surface area contributed by atoms with Crippen molar-refractivity contribution in [1.29, 1.82) is 0 Å². The van der Waals surface area contributed by atoms with E-state index in [0.29, 0.717) is 22.9 Å². The Labute approximate surface area is 298 Å². The number of benzene rings is 4. The van der Waals surface area contributed by atoms with Crippen LogP contribution in [0.4, 0.5) is 5.69 Å². The van der Waals surface area contributed by atoms with E-state index in [-0.39, 0.29) is 35.5 Å². The Kier molecular flexibility index (Phi) is 12.7. The molecule has 0 aliphatic heterocycles. The van der Waals surface area contributed by atoms with Crippen molar-refractivity contribution in [3.8, 4) is 5.75 Å². The zero-order valence-corrected chi connectivity index (χ0v) is 30.1. The summed E-state index contributed by atoms with van der Waals surface area (Å²) in [5.74, 6) is -0.496. The van der Waals surface area contributed by atoms with Crippen LogP contribution in [0.2, 0.25) is 5.02 Å². The maximum Gasteiger partial charge on any atom is 0.264 e. The molecule has 0 saturated heterocycles. The molecule has 1 fully saturated rings. The van der Waals surface area contributed by atoms with E-state index in [0.717, 1.165) is 40.4 Å². The van der Waals surface area contributed by atoms with Crippen LogP contribution in [0.5, 0.6) is 5.75 Å². The molecule has 8 nitrogen and oxygen atoms in total. The molecule has 2 amide bonds. The second kappa shape index (κ2) is 17.1. The van der Waals surface area contributed by atoms with Crippen molar-refractivity contribution in [2.45, 2.75) is 67.4 Å². The first-order valence-corrected chi connectivity index (χ1v) is 19.5. The number of hydrogen-bond donors (Lipinski definition) is 1. The first-order valence-electron chi connectivity index (χ1n) is 16.5. The lowest BCUT2D eigenvalue weighted by atomic mass is 10.0. The van der Waals surface area contributed by atoms with Gasteiger partial charge >= 0.3 is 0 Å². The van der Waals surface area contributed by atoms with Gasteiger partial charge in [-0.05, 0) is 85.7 Å². The lowest BCUT2D eigenvalue weighted by Crippen LogP contribution is -2.54. The van der Waals surface area contributed by atoms with Crippen molar-refractivity contribution in [3.05, 3.63) is 119 Å². The van der Waals surface area contributed by atoms with Gasteiger partial charge in [0, 0.05) is 28.9 Å². The molecule has 1 atom stereocenters. The van der Waals surface area contributed by atoms with Crippen LogP contribution in [0.15, 0.2) is 113 Å². The molecule has 0 radical (unpaired) electrons. The van der Waals surface area contributed by atoms with E-state index in [4.69, 9.17) is 16.3 Å². The summed E-state index contributed by atoms with van der Waals surface area (Å²) < 4.78 is 35.9. The molecule has 1 aliphatic carbocycles. The lowest BCUT2D eigenvalue weighted by Gasteiger charge is -2.34. The average Bonchev–Trinajstić information content (AvgIpc) is 3.62. The number of carbonyl (C=O) groups is 2. The number of sulfonamides is 1. The van der Waals surface area contributed by atoms with Crippen LogP contribution in [0.25, 0.3) is 0 Å². The summed E-state index contributed by atoms with van der Waals surface area (Å²) in [4.78, 5) is 31.4. The van der Waals surface area contributed by atoms with Crippen LogP contribution < -0.4 is 14.4 Å². The third-order valence-electron chi connectivity index (χ3n) is 8.57. The highest BCUT2D eigenvalue weighted by molar-refractivity contribution is 7.98. The molecular formula is C38H42ClN3O5S2. The molecule has 0 bridgehead atoms. The number of anilines is 1. The number of ether oxygens (including phenoxy) is 1. The first kappa shape index (κ1) is 36.3. The van der Waals surface area contributed by atoms with Crippen molar-refractivity contribution in [2.75, 3.05) is 23.7 Å². The van der Waals surface area contributed by atoms with Gasteiger partial charge in [-0.15, -0.1) is 11.8 Å². The third-order valence-corrected chi connectivity index (χ3v) is 11.3. The normalized spacial score (nSPS) is 13.9. The highest BCUT2D eigenvalue weighted by atomic mass is 35.5. The van der Waals surface area contributed by atoms with Gasteiger partial charge in [0.05, 0.1) is 17.2 Å². The van der Waals surface area contributed by atoms with Gasteiger partial charge in [-0.2, -0.15) is 0 Å². The van der Waals surface area contributed by atoms with Gasteiger partial charge in [-0.1, -0.05) is 79.0 Å². The monoisotopic (exact) mass is 719 g/mol. The summed E-state index contributed by atoms with van der Waals surface area (Å²) in [6, 6.07) is 29.1. The molecule has 0 heterocycles. The fourth-order valence-corrected chi connectivity index (χ4v) is 8.13. The van der Waals surface area contributed by atoms with Gasteiger partial charge in [-0.3, -0.25) is 13.9 Å². The summed E-state index contributed by atoms with van der Waals surface area (Å²) >= 11 is 7.87. The van der Waals surface area contributed by atoms with Crippen LogP contribution in [-0.4, -0.2) is 56.6 Å². The molecule has 1 aliphatic rings. The second-order valence-electron chi connectivity index (χ2n) is 11.9. The first-order chi connectivity index (χ1) is 23.7. The zero-order valence-electron chi connectivity index (χ0n) is 27.8. The van der Waals surface area contributed by atoms with E-state index in [1.807, 2.05) is 49.6 Å². The van der Waals surface area contributed by atoms with E-state index in [1.165, 1.54) is 16.7 Å². The largest absolute Gasteiger partial charge is 0.492 e. The third kappa shape index (κ3) is 9.38. The topological polar surface area (TPSA) is 96.0 Å². The van der Waals surface area contributed by atoms with Crippen molar-refractivity contribution in [2.24, 2.45) is 0 Å². The van der Waals surface area contributed by atoms with Gasteiger partial charge in [0.2, 0.25) is 11.8 Å². The molecule has 5 rings (SSSR count). The number of nitrogens with one attached hydrogen (secondary N) is 1. The number of hydrogen-bond acceptors (Lipinski definition) is 6. The van der Waals surface area contributed by atoms with E-state index >= 15 is 0 Å². The van der Waals surface area contributed by atoms with Crippen LogP contribution in [-0.2, 0) is 32.6 Å². The Morgan fingerprint density at radius 3 is 2.27 bits per heavy atom. The summed E-state index contributed by atoms with van der Waals surface area (Å²) in [6.07, 6.45) is 5.97. The maximum atomic E-state index is 14.8. The number of amides is 2. The minimum atomic E-state index is -4.28. The molecule has 4 aromatic rings. The maximum absolute atomic E-state index is 14.8. The van der Waals surface area contributed by atoms with Crippen LogP contribution in [0, 0.1) is 0 Å². The van der Waals surface area contributed by atoms with Crippen molar-refractivity contribution in [1.82, 2.24) is 10.2 Å². The highest BCUT2D eigenvalue weighted by Gasteiger charge is 2.36. The predicted molar refractivity (Wildman–Crippen MR) is 197 cm³/mol. The molecule has 0 unspecified atom stereocenters. The quantitative estimate of drug-likeness (QED) is 0.129. The van der Waals surface area contributed by atoms with E-state index in [1.54, 1.807) is 66.7 Å². The SMILES string of the molecule is CCOc1ccccc1N(CC(=O)N(Cc1cccc(Cl)c1)[C@@H](Cc1ccccc1)C(=O)NC1CCCC1)S(=O)(=O)c1ccc(SC)cc1. The van der Waals surface area contributed by atoms with Crippen molar-refractivity contribution in [3.63, 3.8) is 0 Å².